The van der Waals surface area contributed by atoms with Crippen molar-refractivity contribution in [1.82, 2.24) is 15.1 Å². The summed E-state index contributed by atoms with van der Waals surface area (Å²) in [4.78, 5) is 9.45. The van der Waals surface area contributed by atoms with Gasteiger partial charge in [0.2, 0.25) is 0 Å². The molecule has 1 atom stereocenters. The van der Waals surface area contributed by atoms with Crippen molar-refractivity contribution < 1.29 is 9.26 Å². The van der Waals surface area contributed by atoms with Crippen molar-refractivity contribution in [3.8, 4) is 11.5 Å². The topological polar surface area (TPSA) is 61.0 Å². The monoisotopic (exact) mass is 307 g/mol. The molecule has 2 aliphatic rings. The number of fused-ring (bicyclic) bond motifs is 1. The van der Waals surface area contributed by atoms with Gasteiger partial charge in [-0.3, -0.25) is 4.98 Å². The van der Waals surface area contributed by atoms with Crippen LogP contribution in [-0.4, -0.2) is 28.3 Å². The molecule has 1 aliphatic heterocycles. The molecule has 0 amide bonds. The Kier molecular flexibility index (Phi) is 2.94. The van der Waals surface area contributed by atoms with Crippen LogP contribution in [0.25, 0.3) is 22.4 Å². The van der Waals surface area contributed by atoms with E-state index < -0.39 is 0 Å². The van der Waals surface area contributed by atoms with Crippen LogP contribution >= 0.6 is 0 Å². The zero-order chi connectivity index (χ0) is 15.2. The fourth-order valence-corrected chi connectivity index (χ4v) is 3.21. The molecular formula is C18H17N3O2. The second-order valence-electron chi connectivity index (χ2n) is 6.40. The van der Waals surface area contributed by atoms with E-state index in [1.807, 2.05) is 18.2 Å². The number of hydrogen-bond acceptors (Lipinski definition) is 5. The quantitative estimate of drug-likeness (QED) is 0.739. The average molecular weight is 307 g/mol. The van der Waals surface area contributed by atoms with Crippen LogP contribution in [0, 0.1) is 0 Å². The van der Waals surface area contributed by atoms with Crippen molar-refractivity contribution >= 4 is 10.9 Å². The van der Waals surface area contributed by atoms with Crippen molar-refractivity contribution in [1.29, 1.82) is 0 Å². The van der Waals surface area contributed by atoms with Crippen LogP contribution in [-0.2, 0) is 4.74 Å². The van der Waals surface area contributed by atoms with E-state index in [9.17, 15) is 0 Å². The number of rotatable bonds is 3. The molecule has 0 spiro atoms. The van der Waals surface area contributed by atoms with Gasteiger partial charge in [0.15, 0.2) is 5.82 Å². The van der Waals surface area contributed by atoms with Crippen molar-refractivity contribution in [3.63, 3.8) is 0 Å². The SMILES string of the molecule is c1ccc2c(-c3nc([C@H]4CCOC4)no3)cc(C3CC3)nc2c1. The number of hydrogen-bond donors (Lipinski definition) is 0. The van der Waals surface area contributed by atoms with Gasteiger partial charge in [-0.05, 0) is 31.4 Å². The first-order valence-corrected chi connectivity index (χ1v) is 8.20. The van der Waals surface area contributed by atoms with Gasteiger partial charge < -0.3 is 9.26 Å². The minimum Gasteiger partial charge on any atom is -0.381 e. The molecule has 0 bridgehead atoms. The molecule has 1 saturated carbocycles. The maximum Gasteiger partial charge on any atom is 0.258 e. The Balaban J connectivity index is 1.63. The van der Waals surface area contributed by atoms with Gasteiger partial charge >= 0.3 is 0 Å². The van der Waals surface area contributed by atoms with Crippen LogP contribution in [0.15, 0.2) is 34.9 Å². The second kappa shape index (κ2) is 5.13. The van der Waals surface area contributed by atoms with Gasteiger partial charge in [-0.25, -0.2) is 0 Å². The van der Waals surface area contributed by atoms with Gasteiger partial charge in [0, 0.05) is 29.5 Å². The lowest BCUT2D eigenvalue weighted by molar-refractivity contribution is 0.192. The predicted octanol–water partition coefficient (Wildman–Crippen LogP) is 3.67. The minimum absolute atomic E-state index is 0.253. The average Bonchev–Trinajstić information content (AvgIpc) is 3.10. The van der Waals surface area contributed by atoms with Crippen LogP contribution in [0.1, 0.15) is 42.6 Å². The lowest BCUT2D eigenvalue weighted by atomic mass is 10.1. The molecule has 1 saturated heterocycles. The summed E-state index contributed by atoms with van der Waals surface area (Å²) in [7, 11) is 0. The highest BCUT2D eigenvalue weighted by Crippen LogP contribution is 2.41. The van der Waals surface area contributed by atoms with Crippen LogP contribution in [0.2, 0.25) is 0 Å². The zero-order valence-electron chi connectivity index (χ0n) is 12.7. The Hall–Kier alpha value is -2.27. The number of nitrogens with zero attached hydrogens (tertiary/aromatic N) is 3. The van der Waals surface area contributed by atoms with E-state index in [1.54, 1.807) is 0 Å². The van der Waals surface area contributed by atoms with Crippen LogP contribution in [0.3, 0.4) is 0 Å². The molecule has 3 aromatic rings. The summed E-state index contributed by atoms with van der Waals surface area (Å²) in [6.07, 6.45) is 3.40. The first-order valence-electron chi connectivity index (χ1n) is 8.20. The molecule has 5 rings (SSSR count). The van der Waals surface area contributed by atoms with E-state index in [2.05, 4.69) is 22.3 Å². The zero-order valence-corrected chi connectivity index (χ0v) is 12.7. The fourth-order valence-electron chi connectivity index (χ4n) is 3.21. The third-order valence-electron chi connectivity index (χ3n) is 4.70. The molecule has 1 aliphatic carbocycles. The number of benzene rings is 1. The van der Waals surface area contributed by atoms with Gasteiger partial charge in [-0.1, -0.05) is 23.4 Å². The summed E-state index contributed by atoms with van der Waals surface area (Å²) < 4.78 is 11.0. The van der Waals surface area contributed by atoms with Gasteiger partial charge in [0.05, 0.1) is 17.7 Å². The first kappa shape index (κ1) is 13.2. The Morgan fingerprint density at radius 1 is 1.00 bits per heavy atom. The van der Waals surface area contributed by atoms with E-state index >= 15 is 0 Å². The molecule has 0 N–H and O–H groups in total. The summed E-state index contributed by atoms with van der Waals surface area (Å²) >= 11 is 0. The minimum atomic E-state index is 0.253. The molecule has 2 fully saturated rings. The van der Waals surface area contributed by atoms with Crippen molar-refractivity contribution in [2.24, 2.45) is 0 Å². The van der Waals surface area contributed by atoms with E-state index in [0.717, 1.165) is 41.0 Å². The Morgan fingerprint density at radius 2 is 1.91 bits per heavy atom. The Bertz CT molecular complexity index is 864. The molecule has 5 nitrogen and oxygen atoms in total. The van der Waals surface area contributed by atoms with Gasteiger partial charge in [0.1, 0.15) is 0 Å². The summed E-state index contributed by atoms with van der Waals surface area (Å²) in [5, 5.41) is 5.25. The number of aromatic nitrogens is 3. The Labute approximate surface area is 133 Å². The van der Waals surface area contributed by atoms with Gasteiger partial charge in [-0.15, -0.1) is 0 Å². The van der Waals surface area contributed by atoms with E-state index in [0.29, 0.717) is 18.4 Å². The number of para-hydroxylation sites is 1. The summed E-state index contributed by atoms with van der Waals surface area (Å²) in [6.45, 7) is 1.46. The van der Waals surface area contributed by atoms with Crippen LogP contribution in [0.4, 0.5) is 0 Å². The summed E-state index contributed by atoms with van der Waals surface area (Å²) in [5.41, 5.74) is 3.13. The second-order valence-corrected chi connectivity index (χ2v) is 6.40. The lowest BCUT2D eigenvalue weighted by Crippen LogP contribution is -1.99. The summed E-state index contributed by atoms with van der Waals surface area (Å²) in [6, 6.07) is 10.3. The third kappa shape index (κ3) is 2.32. The summed E-state index contributed by atoms with van der Waals surface area (Å²) in [5.74, 6) is 2.19. The van der Waals surface area contributed by atoms with Gasteiger partial charge in [0.25, 0.3) is 5.89 Å². The van der Waals surface area contributed by atoms with Crippen molar-refractivity contribution in [3.05, 3.63) is 41.9 Å². The molecule has 0 unspecified atom stereocenters. The van der Waals surface area contributed by atoms with Gasteiger partial charge in [-0.2, -0.15) is 4.98 Å². The molecule has 5 heteroatoms. The highest BCUT2D eigenvalue weighted by molar-refractivity contribution is 5.92. The van der Waals surface area contributed by atoms with Crippen molar-refractivity contribution in [2.45, 2.75) is 31.1 Å². The van der Waals surface area contributed by atoms with Crippen LogP contribution in [0.5, 0.6) is 0 Å². The smallest absolute Gasteiger partial charge is 0.258 e. The molecule has 3 heterocycles. The maximum absolute atomic E-state index is 5.58. The number of pyridine rings is 1. The van der Waals surface area contributed by atoms with Crippen LogP contribution < -0.4 is 0 Å². The normalized spacial score (nSPS) is 21.1. The largest absolute Gasteiger partial charge is 0.381 e. The molecule has 0 radical (unpaired) electrons. The molecular weight excluding hydrogens is 290 g/mol. The van der Waals surface area contributed by atoms with E-state index in [4.69, 9.17) is 14.2 Å². The standard InChI is InChI=1S/C18H17N3O2/c1-2-4-15-13(3-1)14(9-16(19-15)11-5-6-11)18-20-17(21-23-18)12-7-8-22-10-12/h1-4,9,11-12H,5-8,10H2/t12-/m0/s1. The van der Waals surface area contributed by atoms with Crippen molar-refractivity contribution in [2.75, 3.05) is 13.2 Å². The predicted molar refractivity (Wildman–Crippen MR) is 85.2 cm³/mol. The number of ether oxygens (including phenoxy) is 1. The third-order valence-corrected chi connectivity index (χ3v) is 4.70. The Morgan fingerprint density at radius 3 is 2.74 bits per heavy atom. The molecule has 2 aromatic heterocycles. The fraction of sp³-hybridized carbons (Fsp3) is 0.389. The molecule has 1 aromatic carbocycles. The highest BCUT2D eigenvalue weighted by atomic mass is 16.5. The lowest BCUT2D eigenvalue weighted by Gasteiger charge is -2.06. The first-order chi connectivity index (χ1) is 11.4. The molecule has 116 valence electrons. The highest BCUT2D eigenvalue weighted by Gasteiger charge is 2.28. The maximum atomic E-state index is 5.58. The molecule has 23 heavy (non-hydrogen) atoms. The van der Waals surface area contributed by atoms with E-state index in [-0.39, 0.29) is 5.92 Å². The van der Waals surface area contributed by atoms with E-state index in [1.165, 1.54) is 12.8 Å².